The second kappa shape index (κ2) is 5.99. The molecule has 0 bridgehead atoms. The summed E-state index contributed by atoms with van der Waals surface area (Å²) in [7, 11) is 0. The van der Waals surface area contributed by atoms with Crippen molar-refractivity contribution < 1.29 is 0 Å². The fourth-order valence-electron chi connectivity index (χ4n) is 1.96. The zero-order valence-corrected chi connectivity index (χ0v) is 10.3. The van der Waals surface area contributed by atoms with E-state index in [0.717, 1.165) is 16.7 Å². The Kier molecular flexibility index (Phi) is 4.11. The lowest BCUT2D eigenvalue weighted by Crippen LogP contribution is -2.00. The lowest BCUT2D eigenvalue weighted by atomic mass is 9.98. The summed E-state index contributed by atoms with van der Waals surface area (Å²) in [6.07, 6.45) is 4.00. The van der Waals surface area contributed by atoms with Crippen LogP contribution in [0, 0.1) is 0 Å². The highest BCUT2D eigenvalue weighted by Crippen LogP contribution is 2.22. The van der Waals surface area contributed by atoms with Crippen molar-refractivity contribution in [2.45, 2.75) is 6.54 Å². The minimum absolute atomic E-state index is 0.538. The summed E-state index contributed by atoms with van der Waals surface area (Å²) in [5.74, 6) is 0. The number of hydrogen-bond acceptors (Lipinski definition) is 1. The van der Waals surface area contributed by atoms with E-state index in [1.54, 1.807) is 0 Å². The van der Waals surface area contributed by atoms with Gasteiger partial charge in [0.25, 0.3) is 0 Å². The third-order valence-corrected chi connectivity index (χ3v) is 2.89. The molecule has 2 aromatic carbocycles. The maximum Gasteiger partial charge on any atom is 0.0184 e. The summed E-state index contributed by atoms with van der Waals surface area (Å²) in [5, 5.41) is 0. The third kappa shape index (κ3) is 2.76. The van der Waals surface area contributed by atoms with Crippen LogP contribution in [-0.2, 0) is 6.54 Å². The Bertz CT molecular complexity index is 553. The predicted molar refractivity (Wildman–Crippen MR) is 78.8 cm³/mol. The molecule has 0 heterocycles. The molecule has 18 heavy (non-hydrogen) atoms. The summed E-state index contributed by atoms with van der Waals surface area (Å²) in [6.45, 7) is 4.44. The van der Waals surface area contributed by atoms with Gasteiger partial charge in [-0.3, -0.25) is 0 Å². The lowest BCUT2D eigenvalue weighted by molar-refractivity contribution is 1.06. The van der Waals surface area contributed by atoms with Gasteiger partial charge in [-0.1, -0.05) is 67.3 Å². The van der Waals surface area contributed by atoms with Gasteiger partial charge in [0, 0.05) is 6.54 Å². The van der Waals surface area contributed by atoms with Gasteiger partial charge in [-0.2, -0.15) is 0 Å². The standard InChI is InChI=1S/C17H17N/c1-2-15(12-14-8-4-3-5-9-14)17-11-7-6-10-16(17)13-18/h2-12H,1,13,18H2/b15-12-. The van der Waals surface area contributed by atoms with Crippen molar-refractivity contribution in [1.29, 1.82) is 0 Å². The van der Waals surface area contributed by atoms with Crippen molar-refractivity contribution >= 4 is 11.6 Å². The molecular formula is C17H17N. The minimum Gasteiger partial charge on any atom is -0.326 e. The van der Waals surface area contributed by atoms with Crippen LogP contribution >= 0.6 is 0 Å². The second-order valence-corrected chi connectivity index (χ2v) is 4.08. The minimum atomic E-state index is 0.538. The number of nitrogens with two attached hydrogens (primary N) is 1. The van der Waals surface area contributed by atoms with Crippen LogP contribution in [0.1, 0.15) is 16.7 Å². The Morgan fingerprint density at radius 1 is 1.00 bits per heavy atom. The van der Waals surface area contributed by atoms with Crippen molar-refractivity contribution in [1.82, 2.24) is 0 Å². The molecule has 0 aromatic heterocycles. The SMILES string of the molecule is C=C/C(=C/c1ccccc1)c1ccccc1CN. The molecule has 90 valence electrons. The predicted octanol–water partition coefficient (Wildman–Crippen LogP) is 3.87. The maximum absolute atomic E-state index is 5.78. The zero-order chi connectivity index (χ0) is 12.8. The molecule has 2 aromatic rings. The van der Waals surface area contributed by atoms with Crippen LogP contribution in [0.4, 0.5) is 0 Å². The third-order valence-electron chi connectivity index (χ3n) is 2.89. The lowest BCUT2D eigenvalue weighted by Gasteiger charge is -2.08. The van der Waals surface area contributed by atoms with Crippen molar-refractivity contribution in [3.63, 3.8) is 0 Å². The molecule has 1 heteroatoms. The van der Waals surface area contributed by atoms with Crippen molar-refractivity contribution in [2.24, 2.45) is 5.73 Å². The normalized spacial score (nSPS) is 11.3. The molecule has 0 radical (unpaired) electrons. The van der Waals surface area contributed by atoms with Gasteiger partial charge in [0.1, 0.15) is 0 Å². The quantitative estimate of drug-likeness (QED) is 0.631. The van der Waals surface area contributed by atoms with Crippen LogP contribution in [0.2, 0.25) is 0 Å². The molecule has 0 aliphatic rings. The molecule has 0 amide bonds. The van der Waals surface area contributed by atoms with Crippen LogP contribution < -0.4 is 5.73 Å². The Balaban J connectivity index is 2.46. The molecule has 0 saturated carbocycles. The van der Waals surface area contributed by atoms with Gasteiger partial charge < -0.3 is 5.73 Å². The van der Waals surface area contributed by atoms with Gasteiger partial charge >= 0.3 is 0 Å². The molecule has 0 fully saturated rings. The first-order chi connectivity index (χ1) is 8.85. The van der Waals surface area contributed by atoms with Crippen LogP contribution in [0.15, 0.2) is 67.3 Å². The van der Waals surface area contributed by atoms with Crippen LogP contribution in [0.3, 0.4) is 0 Å². The summed E-state index contributed by atoms with van der Waals surface area (Å²) in [5.41, 5.74) is 10.3. The monoisotopic (exact) mass is 235 g/mol. The Hall–Kier alpha value is -2.12. The van der Waals surface area contributed by atoms with E-state index in [0.29, 0.717) is 6.54 Å². The number of allylic oxidation sites excluding steroid dienone is 2. The van der Waals surface area contributed by atoms with Gasteiger partial charge in [0.05, 0.1) is 0 Å². The first-order valence-electron chi connectivity index (χ1n) is 6.02. The summed E-state index contributed by atoms with van der Waals surface area (Å²) in [6, 6.07) is 18.4. The highest BCUT2D eigenvalue weighted by Gasteiger charge is 2.03. The molecule has 0 spiro atoms. The Morgan fingerprint density at radius 3 is 2.33 bits per heavy atom. The number of rotatable bonds is 4. The van der Waals surface area contributed by atoms with E-state index in [9.17, 15) is 0 Å². The molecule has 1 nitrogen and oxygen atoms in total. The van der Waals surface area contributed by atoms with Gasteiger partial charge in [0.15, 0.2) is 0 Å². The van der Waals surface area contributed by atoms with Gasteiger partial charge in [-0.15, -0.1) is 0 Å². The van der Waals surface area contributed by atoms with Crippen molar-refractivity contribution in [3.05, 3.63) is 83.9 Å². The first-order valence-corrected chi connectivity index (χ1v) is 6.02. The van der Waals surface area contributed by atoms with E-state index in [2.05, 4.69) is 36.9 Å². The highest BCUT2D eigenvalue weighted by molar-refractivity contribution is 5.88. The number of benzene rings is 2. The molecule has 2 N–H and O–H groups in total. The Morgan fingerprint density at radius 2 is 1.67 bits per heavy atom. The molecule has 0 aliphatic heterocycles. The highest BCUT2D eigenvalue weighted by atomic mass is 14.5. The van der Waals surface area contributed by atoms with Crippen LogP contribution in [-0.4, -0.2) is 0 Å². The molecule has 2 rings (SSSR count). The van der Waals surface area contributed by atoms with Gasteiger partial charge in [0.2, 0.25) is 0 Å². The molecule has 0 atom stereocenters. The van der Waals surface area contributed by atoms with E-state index in [1.165, 1.54) is 5.56 Å². The van der Waals surface area contributed by atoms with E-state index in [1.807, 2.05) is 36.4 Å². The van der Waals surface area contributed by atoms with Crippen molar-refractivity contribution in [2.75, 3.05) is 0 Å². The Labute approximate surface area is 108 Å². The summed E-state index contributed by atoms with van der Waals surface area (Å²) >= 11 is 0. The second-order valence-electron chi connectivity index (χ2n) is 4.08. The van der Waals surface area contributed by atoms with Crippen LogP contribution in [0.5, 0.6) is 0 Å². The maximum atomic E-state index is 5.78. The van der Waals surface area contributed by atoms with E-state index in [-0.39, 0.29) is 0 Å². The van der Waals surface area contributed by atoms with Crippen LogP contribution in [0.25, 0.3) is 11.6 Å². The van der Waals surface area contributed by atoms with E-state index >= 15 is 0 Å². The molecule has 0 unspecified atom stereocenters. The number of hydrogen-bond donors (Lipinski definition) is 1. The fourth-order valence-corrected chi connectivity index (χ4v) is 1.96. The van der Waals surface area contributed by atoms with Gasteiger partial charge in [-0.25, -0.2) is 0 Å². The first kappa shape index (κ1) is 12.3. The fraction of sp³-hybridized carbons (Fsp3) is 0.0588. The largest absolute Gasteiger partial charge is 0.326 e. The average Bonchev–Trinajstić information content (AvgIpc) is 2.46. The van der Waals surface area contributed by atoms with E-state index < -0.39 is 0 Å². The zero-order valence-electron chi connectivity index (χ0n) is 10.3. The summed E-state index contributed by atoms with van der Waals surface area (Å²) < 4.78 is 0. The van der Waals surface area contributed by atoms with Gasteiger partial charge in [-0.05, 0) is 28.3 Å². The summed E-state index contributed by atoms with van der Waals surface area (Å²) in [4.78, 5) is 0. The van der Waals surface area contributed by atoms with Crippen molar-refractivity contribution in [3.8, 4) is 0 Å². The molecular weight excluding hydrogens is 218 g/mol. The topological polar surface area (TPSA) is 26.0 Å². The van der Waals surface area contributed by atoms with E-state index in [4.69, 9.17) is 5.73 Å². The molecule has 0 aliphatic carbocycles. The smallest absolute Gasteiger partial charge is 0.0184 e. The molecule has 0 saturated heterocycles. The average molecular weight is 235 g/mol.